The van der Waals surface area contributed by atoms with E-state index in [0.29, 0.717) is 28.3 Å². The molecule has 3 aromatic rings. The number of anilines is 1. The molecule has 3 N–H and O–H groups in total. The largest absolute Gasteiger partial charge is 0.472 e. The molecule has 2 aliphatic rings. The zero-order valence-electron chi connectivity index (χ0n) is 15.3. The van der Waals surface area contributed by atoms with Gasteiger partial charge in [-0.2, -0.15) is 0 Å². The quantitative estimate of drug-likeness (QED) is 0.361. The van der Waals surface area contributed by atoms with Crippen LogP contribution in [0.15, 0.2) is 41.4 Å². The van der Waals surface area contributed by atoms with E-state index in [0.717, 1.165) is 5.56 Å². The van der Waals surface area contributed by atoms with E-state index in [2.05, 4.69) is 36.2 Å². The summed E-state index contributed by atoms with van der Waals surface area (Å²) in [7, 11) is -4.22. The monoisotopic (exact) mass is 497 g/mol. The Hall–Kier alpha value is -1.92. The standard InChI is InChI=1S/C17H17BrN5O6P/c18-17-22-11-14(19-6-9-4-2-1-3-5-9)20-8-21-15(11)23(17)16-12(24)13-10(28-16)7-27-30(25,26)29-13/h1-5,8,10,12-13,16,24H,6-7H2,(H,25,26)(H,19,20,21)/t10-,12-,13-,16-/m1/s1. The molecule has 2 aromatic heterocycles. The molecule has 13 heteroatoms. The van der Waals surface area contributed by atoms with Crippen molar-refractivity contribution < 1.29 is 28.3 Å². The Labute approximate surface area is 178 Å². The van der Waals surface area contributed by atoms with Crippen molar-refractivity contribution in [3.8, 4) is 0 Å². The van der Waals surface area contributed by atoms with Crippen LogP contribution < -0.4 is 5.32 Å². The molecule has 1 aromatic carbocycles. The molecule has 0 aliphatic carbocycles. The Bertz CT molecular complexity index is 1130. The minimum absolute atomic E-state index is 0.172. The van der Waals surface area contributed by atoms with Gasteiger partial charge in [0.2, 0.25) is 0 Å². The molecule has 0 radical (unpaired) electrons. The highest BCUT2D eigenvalue weighted by atomic mass is 79.9. The predicted octanol–water partition coefficient (Wildman–Crippen LogP) is 1.97. The van der Waals surface area contributed by atoms with Crippen molar-refractivity contribution >= 4 is 40.7 Å². The molecule has 0 saturated carbocycles. The molecular formula is C17H17BrN5O6P. The van der Waals surface area contributed by atoms with E-state index in [1.54, 1.807) is 4.57 Å². The van der Waals surface area contributed by atoms with Gasteiger partial charge in [0.15, 0.2) is 27.9 Å². The maximum atomic E-state index is 11.7. The first-order chi connectivity index (χ1) is 14.4. The molecule has 2 fully saturated rings. The molecule has 4 heterocycles. The molecule has 0 amide bonds. The zero-order valence-corrected chi connectivity index (χ0v) is 17.8. The van der Waals surface area contributed by atoms with Gasteiger partial charge >= 0.3 is 7.82 Å². The summed E-state index contributed by atoms with van der Waals surface area (Å²) in [4.78, 5) is 22.6. The molecule has 30 heavy (non-hydrogen) atoms. The van der Waals surface area contributed by atoms with Crippen LogP contribution in [0, 0.1) is 0 Å². The third-order valence-corrected chi connectivity index (χ3v) is 6.50. The van der Waals surface area contributed by atoms with Gasteiger partial charge < -0.3 is 20.1 Å². The molecule has 5 atom stereocenters. The number of aromatic nitrogens is 4. The Morgan fingerprint density at radius 2 is 2.10 bits per heavy atom. The Morgan fingerprint density at radius 1 is 1.30 bits per heavy atom. The first kappa shape index (κ1) is 20.0. The number of aliphatic hydroxyl groups is 1. The van der Waals surface area contributed by atoms with Crippen LogP contribution in [0.2, 0.25) is 0 Å². The lowest BCUT2D eigenvalue weighted by molar-refractivity contribution is -0.0669. The van der Waals surface area contributed by atoms with Crippen LogP contribution in [-0.4, -0.2) is 54.4 Å². The normalized spacial score (nSPS) is 31.0. The molecule has 158 valence electrons. The van der Waals surface area contributed by atoms with Crippen LogP contribution in [0.1, 0.15) is 11.8 Å². The van der Waals surface area contributed by atoms with Crippen LogP contribution in [0.4, 0.5) is 5.82 Å². The third-order valence-electron chi connectivity index (χ3n) is 4.96. The van der Waals surface area contributed by atoms with E-state index in [4.69, 9.17) is 13.8 Å². The average Bonchev–Trinajstić information content (AvgIpc) is 3.22. The van der Waals surface area contributed by atoms with E-state index in [9.17, 15) is 14.6 Å². The Kier molecular flexibility index (Phi) is 5.10. The lowest BCUT2D eigenvalue weighted by Crippen LogP contribution is -2.39. The van der Waals surface area contributed by atoms with Crippen LogP contribution in [0.5, 0.6) is 0 Å². The van der Waals surface area contributed by atoms with E-state index in [-0.39, 0.29) is 6.61 Å². The molecule has 0 bridgehead atoms. The van der Waals surface area contributed by atoms with Crippen molar-refractivity contribution in [3.05, 3.63) is 47.0 Å². The maximum Gasteiger partial charge on any atom is 0.472 e. The third kappa shape index (κ3) is 3.54. The first-order valence-electron chi connectivity index (χ1n) is 9.08. The van der Waals surface area contributed by atoms with Gasteiger partial charge in [-0.3, -0.25) is 13.6 Å². The van der Waals surface area contributed by atoms with Crippen LogP contribution >= 0.6 is 23.8 Å². The average molecular weight is 498 g/mol. The molecule has 11 nitrogen and oxygen atoms in total. The summed E-state index contributed by atoms with van der Waals surface area (Å²) in [5, 5.41) is 14.0. The summed E-state index contributed by atoms with van der Waals surface area (Å²) in [6.07, 6.45) is -2.51. The number of hydrogen-bond acceptors (Lipinski definition) is 9. The second kappa shape index (κ2) is 7.65. The van der Waals surface area contributed by atoms with Gasteiger partial charge in [-0.1, -0.05) is 30.3 Å². The highest BCUT2D eigenvalue weighted by Crippen LogP contribution is 2.52. The number of imidazole rings is 1. The lowest BCUT2D eigenvalue weighted by Gasteiger charge is -2.27. The number of fused-ring (bicyclic) bond motifs is 2. The molecular weight excluding hydrogens is 481 g/mol. The summed E-state index contributed by atoms with van der Waals surface area (Å²) < 4.78 is 29.3. The Morgan fingerprint density at radius 3 is 2.90 bits per heavy atom. The minimum Gasteiger partial charge on any atom is -0.386 e. The van der Waals surface area contributed by atoms with Crippen molar-refractivity contribution in [2.45, 2.75) is 31.1 Å². The topological polar surface area (TPSA) is 141 Å². The lowest BCUT2D eigenvalue weighted by atomic mass is 10.1. The van der Waals surface area contributed by atoms with Crippen molar-refractivity contribution in [2.24, 2.45) is 0 Å². The fraction of sp³-hybridized carbons (Fsp3) is 0.353. The molecule has 2 saturated heterocycles. The molecule has 5 rings (SSSR count). The van der Waals surface area contributed by atoms with E-state index >= 15 is 0 Å². The van der Waals surface area contributed by atoms with Crippen LogP contribution in [0.25, 0.3) is 11.2 Å². The van der Waals surface area contributed by atoms with E-state index in [1.807, 2.05) is 30.3 Å². The van der Waals surface area contributed by atoms with Gasteiger partial charge in [-0.05, 0) is 21.5 Å². The smallest absolute Gasteiger partial charge is 0.386 e. The van der Waals surface area contributed by atoms with E-state index < -0.39 is 32.4 Å². The van der Waals surface area contributed by atoms with Gasteiger partial charge in [0.25, 0.3) is 0 Å². The second-order valence-corrected chi connectivity index (χ2v) is 8.99. The number of nitrogens with zero attached hydrogens (tertiary/aromatic N) is 4. The number of benzene rings is 1. The van der Waals surface area contributed by atoms with Gasteiger partial charge in [0.1, 0.15) is 24.6 Å². The van der Waals surface area contributed by atoms with E-state index in [1.165, 1.54) is 6.33 Å². The molecule has 0 spiro atoms. The van der Waals surface area contributed by atoms with Crippen LogP contribution in [0.3, 0.4) is 0 Å². The van der Waals surface area contributed by atoms with Gasteiger partial charge in [-0.25, -0.2) is 19.5 Å². The number of ether oxygens (including phenoxy) is 1. The van der Waals surface area contributed by atoms with Crippen LogP contribution in [-0.2, 0) is 24.9 Å². The predicted molar refractivity (Wildman–Crippen MR) is 107 cm³/mol. The SMILES string of the molecule is O=P1(O)OC[C@H]2O[C@@H](n3c(Br)nc4c(NCc5ccccc5)ncnc43)[C@H](O)[C@@H]2O1. The van der Waals surface area contributed by atoms with Gasteiger partial charge in [0.05, 0.1) is 6.61 Å². The number of phosphoric acid groups is 1. The number of aliphatic hydroxyl groups excluding tert-OH is 1. The maximum absolute atomic E-state index is 11.7. The van der Waals surface area contributed by atoms with Crippen molar-refractivity contribution in [1.82, 2.24) is 19.5 Å². The fourth-order valence-corrected chi connectivity index (χ4v) is 5.08. The fourth-order valence-electron chi connectivity index (χ4n) is 3.57. The summed E-state index contributed by atoms with van der Waals surface area (Å²) in [6, 6.07) is 9.83. The summed E-state index contributed by atoms with van der Waals surface area (Å²) in [5.41, 5.74) is 1.98. The number of phosphoric ester groups is 1. The number of nitrogens with one attached hydrogen (secondary N) is 1. The number of halogens is 1. The van der Waals surface area contributed by atoms with Crippen molar-refractivity contribution in [2.75, 3.05) is 11.9 Å². The van der Waals surface area contributed by atoms with Crippen molar-refractivity contribution in [3.63, 3.8) is 0 Å². The molecule has 1 unspecified atom stereocenters. The highest BCUT2D eigenvalue weighted by Gasteiger charge is 2.53. The van der Waals surface area contributed by atoms with Gasteiger partial charge in [0, 0.05) is 6.54 Å². The van der Waals surface area contributed by atoms with Gasteiger partial charge in [-0.15, -0.1) is 0 Å². The van der Waals surface area contributed by atoms with Crippen molar-refractivity contribution in [1.29, 1.82) is 0 Å². The number of rotatable bonds is 4. The second-order valence-electron chi connectivity index (χ2n) is 6.87. The number of hydrogen-bond donors (Lipinski definition) is 3. The first-order valence-corrected chi connectivity index (χ1v) is 11.4. The zero-order chi connectivity index (χ0) is 20.9. The Balaban J connectivity index is 1.46. The summed E-state index contributed by atoms with van der Waals surface area (Å²) in [6.45, 7) is 0.371. The molecule has 2 aliphatic heterocycles. The highest BCUT2D eigenvalue weighted by molar-refractivity contribution is 9.10. The summed E-state index contributed by atoms with van der Waals surface area (Å²) in [5.74, 6) is 0.521. The minimum atomic E-state index is -4.22. The summed E-state index contributed by atoms with van der Waals surface area (Å²) >= 11 is 3.39.